The van der Waals surface area contributed by atoms with Crippen molar-refractivity contribution < 1.29 is 25.9 Å². The first kappa shape index (κ1) is 31.1. The summed E-state index contributed by atoms with van der Waals surface area (Å²) in [5.74, 6) is -0.820. The number of aryl methyl sites for hydroxylation is 2. The van der Waals surface area contributed by atoms with Crippen LogP contribution in [0.2, 0.25) is 0 Å². The van der Waals surface area contributed by atoms with Gasteiger partial charge in [0.05, 0.1) is 11.5 Å². The van der Waals surface area contributed by atoms with Gasteiger partial charge in [0.25, 0.3) is 20.2 Å². The highest BCUT2D eigenvalue weighted by Gasteiger charge is 2.26. The van der Waals surface area contributed by atoms with Gasteiger partial charge in [-0.1, -0.05) is 82.3 Å². The standard InChI is InChI=1S/C24H36N2O6S4/c25-21(15-17-35(27,28)29)23(13-11-19-7-3-1-4-8-19)33-34-24(22(26)16-18-36(30,31)32)14-12-20-9-5-2-6-10-20/h1-10,21-24H,11-18,25-26H2,(H,27,28,29)(H,30,31,32). The molecule has 12 heteroatoms. The molecule has 0 saturated heterocycles. The van der Waals surface area contributed by atoms with E-state index in [9.17, 15) is 16.8 Å². The van der Waals surface area contributed by atoms with Gasteiger partial charge in [0, 0.05) is 22.6 Å². The Morgan fingerprint density at radius 1 is 0.611 bits per heavy atom. The average Bonchev–Trinajstić information content (AvgIpc) is 2.83. The first-order valence-electron chi connectivity index (χ1n) is 11.7. The predicted octanol–water partition coefficient (Wildman–Crippen LogP) is 3.58. The third-order valence-electron chi connectivity index (χ3n) is 5.80. The van der Waals surface area contributed by atoms with Crippen LogP contribution in [0.15, 0.2) is 60.7 Å². The molecule has 6 N–H and O–H groups in total. The van der Waals surface area contributed by atoms with E-state index in [4.69, 9.17) is 20.6 Å². The average molecular weight is 577 g/mol. The van der Waals surface area contributed by atoms with Crippen LogP contribution < -0.4 is 11.5 Å². The Labute approximate surface area is 222 Å². The van der Waals surface area contributed by atoms with Crippen molar-refractivity contribution in [2.75, 3.05) is 11.5 Å². The maximum Gasteiger partial charge on any atom is 0.264 e. The molecule has 0 aliphatic rings. The van der Waals surface area contributed by atoms with Crippen LogP contribution in [0, 0.1) is 0 Å². The highest BCUT2D eigenvalue weighted by atomic mass is 33.1. The lowest BCUT2D eigenvalue weighted by atomic mass is 10.0. The molecule has 4 unspecified atom stereocenters. The van der Waals surface area contributed by atoms with Gasteiger partial charge in [-0.15, -0.1) is 0 Å². The van der Waals surface area contributed by atoms with E-state index < -0.39 is 43.8 Å². The molecule has 0 fully saturated rings. The summed E-state index contributed by atoms with van der Waals surface area (Å²) in [5.41, 5.74) is 15.0. The maximum atomic E-state index is 11.3. The molecule has 4 atom stereocenters. The van der Waals surface area contributed by atoms with Crippen LogP contribution in [0.1, 0.15) is 36.8 Å². The molecule has 2 aromatic carbocycles. The van der Waals surface area contributed by atoms with Crippen molar-refractivity contribution in [1.82, 2.24) is 0 Å². The molecule has 8 nitrogen and oxygen atoms in total. The SMILES string of the molecule is NC(CCS(=O)(=O)O)C(CCc1ccccc1)SSC(CCc1ccccc1)C(N)CCS(=O)(=O)O. The van der Waals surface area contributed by atoms with Gasteiger partial charge in [-0.05, 0) is 49.7 Å². The van der Waals surface area contributed by atoms with Crippen LogP contribution in [0.25, 0.3) is 0 Å². The molecule has 2 rings (SSSR count). The largest absolute Gasteiger partial charge is 0.327 e. The van der Waals surface area contributed by atoms with Crippen molar-refractivity contribution in [3.05, 3.63) is 71.8 Å². The molecular formula is C24H36N2O6S4. The van der Waals surface area contributed by atoms with Crippen LogP contribution in [-0.4, -0.2) is 60.0 Å². The second kappa shape index (κ2) is 15.3. The fourth-order valence-corrected chi connectivity index (χ4v) is 8.36. The summed E-state index contributed by atoms with van der Waals surface area (Å²) in [6.07, 6.45) is 3.13. The fraction of sp³-hybridized carbons (Fsp3) is 0.500. The van der Waals surface area contributed by atoms with Gasteiger partial charge in [-0.2, -0.15) is 16.8 Å². The summed E-state index contributed by atoms with van der Waals surface area (Å²) in [4.78, 5) is 0. The smallest absolute Gasteiger partial charge is 0.264 e. The number of hydrogen-bond donors (Lipinski definition) is 4. The minimum atomic E-state index is -4.12. The van der Waals surface area contributed by atoms with Crippen LogP contribution in [0.4, 0.5) is 0 Å². The van der Waals surface area contributed by atoms with E-state index in [1.54, 1.807) is 0 Å². The molecule has 0 aliphatic carbocycles. The summed E-state index contributed by atoms with van der Waals surface area (Å²) in [6.45, 7) is 0. The van der Waals surface area contributed by atoms with Crippen molar-refractivity contribution >= 4 is 41.8 Å². The minimum absolute atomic E-state index is 0.120. The predicted molar refractivity (Wildman–Crippen MR) is 150 cm³/mol. The first-order chi connectivity index (χ1) is 16.9. The van der Waals surface area contributed by atoms with Crippen molar-refractivity contribution in [2.24, 2.45) is 11.5 Å². The van der Waals surface area contributed by atoms with Gasteiger partial charge in [-0.25, -0.2) is 0 Å². The van der Waals surface area contributed by atoms with E-state index in [2.05, 4.69) is 0 Å². The molecule has 0 radical (unpaired) electrons. The first-order valence-corrected chi connectivity index (χ1v) is 17.2. The van der Waals surface area contributed by atoms with Crippen LogP contribution >= 0.6 is 21.6 Å². The molecule has 0 heterocycles. The second-order valence-corrected chi connectivity index (χ2v) is 14.7. The van der Waals surface area contributed by atoms with Gasteiger partial charge in [0.2, 0.25) is 0 Å². The van der Waals surface area contributed by atoms with Crippen LogP contribution in [0.3, 0.4) is 0 Å². The summed E-state index contributed by atoms with van der Waals surface area (Å²) < 4.78 is 63.4. The molecule has 0 spiro atoms. The van der Waals surface area contributed by atoms with E-state index in [0.29, 0.717) is 12.8 Å². The van der Waals surface area contributed by atoms with Crippen molar-refractivity contribution in [2.45, 2.75) is 61.1 Å². The van der Waals surface area contributed by atoms with E-state index in [0.717, 1.165) is 24.0 Å². The van der Waals surface area contributed by atoms with Crippen molar-refractivity contribution in [3.63, 3.8) is 0 Å². The molecule has 0 saturated carbocycles. The lowest BCUT2D eigenvalue weighted by molar-refractivity contribution is 0.472. The Morgan fingerprint density at radius 2 is 0.944 bits per heavy atom. The van der Waals surface area contributed by atoms with Crippen molar-refractivity contribution in [3.8, 4) is 0 Å². The van der Waals surface area contributed by atoms with Gasteiger partial charge in [0.15, 0.2) is 0 Å². The van der Waals surface area contributed by atoms with Gasteiger partial charge < -0.3 is 11.5 Å². The highest BCUT2D eigenvalue weighted by molar-refractivity contribution is 8.77. The summed E-state index contributed by atoms with van der Waals surface area (Å²) >= 11 is 0. The normalized spacial score (nSPS) is 15.8. The zero-order valence-corrected chi connectivity index (χ0v) is 23.3. The van der Waals surface area contributed by atoms with E-state index in [1.165, 1.54) is 21.6 Å². The molecule has 0 amide bonds. The van der Waals surface area contributed by atoms with Gasteiger partial charge in [0.1, 0.15) is 0 Å². The minimum Gasteiger partial charge on any atom is -0.327 e. The molecule has 0 bridgehead atoms. The molecular weight excluding hydrogens is 541 g/mol. The number of hydrogen-bond acceptors (Lipinski definition) is 8. The zero-order chi connectivity index (χ0) is 26.6. The molecule has 202 valence electrons. The molecule has 0 aromatic heterocycles. The third-order valence-corrected chi connectivity index (χ3v) is 10.9. The van der Waals surface area contributed by atoms with Crippen LogP contribution in [-0.2, 0) is 33.1 Å². The Bertz CT molecular complexity index is 1010. The molecule has 2 aromatic rings. The topological polar surface area (TPSA) is 161 Å². The van der Waals surface area contributed by atoms with Gasteiger partial charge in [-0.3, -0.25) is 9.11 Å². The Hall–Kier alpha value is -1.12. The number of rotatable bonds is 17. The lowest BCUT2D eigenvalue weighted by Crippen LogP contribution is -2.36. The van der Waals surface area contributed by atoms with E-state index in [-0.39, 0.29) is 23.3 Å². The van der Waals surface area contributed by atoms with Crippen molar-refractivity contribution in [1.29, 1.82) is 0 Å². The summed E-state index contributed by atoms with van der Waals surface area (Å²) in [5, 5.41) is -0.241. The summed E-state index contributed by atoms with van der Waals surface area (Å²) in [6, 6.07) is 18.8. The zero-order valence-electron chi connectivity index (χ0n) is 20.1. The fourth-order valence-electron chi connectivity index (χ4n) is 3.66. The van der Waals surface area contributed by atoms with Crippen LogP contribution in [0.5, 0.6) is 0 Å². The highest BCUT2D eigenvalue weighted by Crippen LogP contribution is 2.38. The second-order valence-electron chi connectivity index (χ2n) is 8.80. The summed E-state index contributed by atoms with van der Waals surface area (Å²) in [7, 11) is -5.19. The molecule has 0 aliphatic heterocycles. The Kier molecular flexibility index (Phi) is 13.2. The Balaban J connectivity index is 2.09. The number of nitrogens with two attached hydrogens (primary N) is 2. The Morgan fingerprint density at radius 3 is 1.25 bits per heavy atom. The number of benzene rings is 2. The van der Waals surface area contributed by atoms with Gasteiger partial charge >= 0.3 is 0 Å². The quantitative estimate of drug-likeness (QED) is 0.162. The lowest BCUT2D eigenvalue weighted by Gasteiger charge is -2.28. The molecule has 36 heavy (non-hydrogen) atoms. The van der Waals surface area contributed by atoms with E-state index >= 15 is 0 Å². The monoisotopic (exact) mass is 576 g/mol. The maximum absolute atomic E-state index is 11.3. The third kappa shape index (κ3) is 13.4. The van der Waals surface area contributed by atoms with E-state index in [1.807, 2.05) is 60.7 Å².